The third-order valence-corrected chi connectivity index (χ3v) is 4.09. The van der Waals surface area contributed by atoms with Crippen LogP contribution < -0.4 is 25.0 Å². The molecule has 2 aromatic carbocycles. The number of hydrogen-bond donors (Lipinski definition) is 2. The van der Waals surface area contributed by atoms with Crippen LogP contribution in [0, 0.1) is 0 Å². The number of anilines is 1. The highest BCUT2D eigenvalue weighted by Gasteiger charge is 2.09. The van der Waals surface area contributed by atoms with Gasteiger partial charge in [0.1, 0.15) is 6.10 Å². The van der Waals surface area contributed by atoms with Crippen molar-refractivity contribution >= 4 is 11.6 Å². The predicted molar refractivity (Wildman–Crippen MR) is 112 cm³/mol. The fraction of sp³-hybridized carbons (Fsp3) is 0.381. The van der Waals surface area contributed by atoms with Crippen LogP contribution >= 0.6 is 0 Å². The Morgan fingerprint density at radius 2 is 1.70 bits per heavy atom. The van der Waals surface area contributed by atoms with E-state index in [1.54, 1.807) is 14.2 Å². The summed E-state index contributed by atoms with van der Waals surface area (Å²) in [6, 6.07) is 16.1. The maximum atomic E-state index is 5.95. The molecule has 0 aliphatic rings. The van der Waals surface area contributed by atoms with E-state index in [0.717, 1.165) is 17.5 Å². The van der Waals surface area contributed by atoms with Crippen LogP contribution in [0.1, 0.15) is 12.5 Å². The van der Waals surface area contributed by atoms with Crippen LogP contribution in [0.3, 0.4) is 0 Å². The molecule has 0 heterocycles. The molecule has 0 fully saturated rings. The first-order chi connectivity index (χ1) is 13.0. The van der Waals surface area contributed by atoms with Crippen molar-refractivity contribution in [2.45, 2.75) is 19.6 Å². The summed E-state index contributed by atoms with van der Waals surface area (Å²) in [7, 11) is 7.47. The van der Waals surface area contributed by atoms with Crippen molar-refractivity contribution in [1.82, 2.24) is 10.6 Å². The second kappa shape index (κ2) is 10.3. The molecule has 0 aliphatic heterocycles. The highest BCUT2D eigenvalue weighted by Crippen LogP contribution is 2.26. The normalized spacial score (nSPS) is 12.3. The van der Waals surface area contributed by atoms with Gasteiger partial charge in [0, 0.05) is 33.4 Å². The second-order valence-electron chi connectivity index (χ2n) is 6.45. The van der Waals surface area contributed by atoms with Crippen molar-refractivity contribution in [1.29, 1.82) is 0 Å². The van der Waals surface area contributed by atoms with E-state index in [1.807, 2.05) is 45.3 Å². The number of ether oxygens (including phenoxy) is 2. The first kappa shape index (κ1) is 20.4. The van der Waals surface area contributed by atoms with Crippen LogP contribution in [0.25, 0.3) is 0 Å². The zero-order valence-electron chi connectivity index (χ0n) is 16.8. The monoisotopic (exact) mass is 370 g/mol. The Hall–Kier alpha value is -2.89. The molecule has 0 amide bonds. The third-order valence-electron chi connectivity index (χ3n) is 4.09. The highest BCUT2D eigenvalue weighted by molar-refractivity contribution is 5.79. The molecule has 0 saturated heterocycles. The van der Waals surface area contributed by atoms with Gasteiger partial charge in [0.05, 0.1) is 13.7 Å². The number of guanidine groups is 1. The minimum absolute atomic E-state index is 0.0424. The lowest BCUT2D eigenvalue weighted by molar-refractivity contribution is 0.213. The van der Waals surface area contributed by atoms with E-state index in [0.29, 0.717) is 13.1 Å². The van der Waals surface area contributed by atoms with Crippen LogP contribution in [0.15, 0.2) is 53.5 Å². The minimum Gasteiger partial charge on any atom is -0.493 e. The number of methoxy groups -OCH3 is 1. The summed E-state index contributed by atoms with van der Waals surface area (Å²) in [6.45, 7) is 3.33. The Labute approximate surface area is 162 Å². The lowest BCUT2D eigenvalue weighted by Gasteiger charge is -2.19. The van der Waals surface area contributed by atoms with Gasteiger partial charge in [-0.3, -0.25) is 4.99 Å². The number of aliphatic imine (C=N–C) groups is 1. The molecule has 2 aromatic rings. The first-order valence-electron chi connectivity index (χ1n) is 9.04. The molecule has 2 N–H and O–H groups in total. The Balaban J connectivity index is 1.81. The van der Waals surface area contributed by atoms with Crippen molar-refractivity contribution in [3.63, 3.8) is 0 Å². The average Bonchev–Trinajstić information content (AvgIpc) is 2.68. The number of benzene rings is 2. The first-order valence-corrected chi connectivity index (χ1v) is 9.04. The van der Waals surface area contributed by atoms with Crippen molar-refractivity contribution in [3.8, 4) is 11.5 Å². The molecule has 146 valence electrons. The summed E-state index contributed by atoms with van der Waals surface area (Å²) < 4.78 is 11.3. The van der Waals surface area contributed by atoms with E-state index in [1.165, 1.54) is 11.3 Å². The summed E-state index contributed by atoms with van der Waals surface area (Å²) in [5.74, 6) is 2.20. The van der Waals surface area contributed by atoms with Gasteiger partial charge in [-0.05, 0) is 36.8 Å². The largest absolute Gasteiger partial charge is 0.493 e. The van der Waals surface area contributed by atoms with E-state index < -0.39 is 0 Å². The maximum absolute atomic E-state index is 5.95. The smallest absolute Gasteiger partial charge is 0.191 e. The average molecular weight is 370 g/mol. The van der Waals surface area contributed by atoms with Crippen LogP contribution in [-0.4, -0.2) is 46.9 Å². The number of nitrogens with one attached hydrogen (secondary N) is 2. The standard InChI is InChI=1S/C21H30N4O2/c1-16(27-20-9-7-6-8-19(20)26-5)14-23-21(22-2)24-15-17-10-12-18(13-11-17)25(3)4/h6-13,16H,14-15H2,1-5H3,(H2,22,23,24). The van der Waals surface area contributed by atoms with E-state index >= 15 is 0 Å². The number of hydrogen-bond acceptors (Lipinski definition) is 4. The maximum Gasteiger partial charge on any atom is 0.191 e. The van der Waals surface area contributed by atoms with Crippen molar-refractivity contribution in [2.75, 3.05) is 39.7 Å². The van der Waals surface area contributed by atoms with E-state index in [2.05, 4.69) is 44.8 Å². The molecule has 2 rings (SSSR count). The van der Waals surface area contributed by atoms with E-state index in [9.17, 15) is 0 Å². The Morgan fingerprint density at radius 1 is 1.04 bits per heavy atom. The summed E-state index contributed by atoms with van der Waals surface area (Å²) in [5, 5.41) is 6.61. The summed E-state index contributed by atoms with van der Waals surface area (Å²) in [4.78, 5) is 6.35. The van der Waals surface area contributed by atoms with Gasteiger partial charge >= 0.3 is 0 Å². The molecule has 6 heteroatoms. The Morgan fingerprint density at radius 3 is 2.30 bits per heavy atom. The molecule has 6 nitrogen and oxygen atoms in total. The quantitative estimate of drug-likeness (QED) is 0.553. The summed E-state index contributed by atoms with van der Waals surface area (Å²) >= 11 is 0. The Bertz CT molecular complexity index is 729. The summed E-state index contributed by atoms with van der Waals surface area (Å²) in [6.07, 6.45) is -0.0424. The van der Waals surface area contributed by atoms with Gasteiger partial charge < -0.3 is 25.0 Å². The Kier molecular flexibility index (Phi) is 7.79. The van der Waals surface area contributed by atoms with Gasteiger partial charge in [0.15, 0.2) is 17.5 Å². The molecule has 0 radical (unpaired) electrons. The van der Waals surface area contributed by atoms with Gasteiger partial charge in [-0.15, -0.1) is 0 Å². The molecule has 0 saturated carbocycles. The van der Waals surface area contributed by atoms with Crippen LogP contribution in [0.2, 0.25) is 0 Å². The molecule has 0 spiro atoms. The molecular weight excluding hydrogens is 340 g/mol. The molecule has 0 aliphatic carbocycles. The van der Waals surface area contributed by atoms with Crippen LogP contribution in [0.4, 0.5) is 5.69 Å². The topological polar surface area (TPSA) is 58.1 Å². The number of rotatable bonds is 8. The van der Waals surface area contributed by atoms with Crippen molar-refractivity contribution in [2.24, 2.45) is 4.99 Å². The zero-order valence-corrected chi connectivity index (χ0v) is 16.8. The zero-order chi connectivity index (χ0) is 19.6. The molecule has 0 aromatic heterocycles. The lowest BCUT2D eigenvalue weighted by Crippen LogP contribution is -2.41. The van der Waals surface area contributed by atoms with Gasteiger partial charge in [-0.25, -0.2) is 0 Å². The predicted octanol–water partition coefficient (Wildman–Crippen LogP) is 2.89. The van der Waals surface area contributed by atoms with Crippen molar-refractivity contribution < 1.29 is 9.47 Å². The fourth-order valence-corrected chi connectivity index (χ4v) is 2.53. The van der Waals surface area contributed by atoms with Gasteiger partial charge in [0.2, 0.25) is 0 Å². The molecule has 0 bridgehead atoms. The van der Waals surface area contributed by atoms with Gasteiger partial charge in [-0.1, -0.05) is 24.3 Å². The minimum atomic E-state index is -0.0424. The fourth-order valence-electron chi connectivity index (χ4n) is 2.53. The van der Waals surface area contributed by atoms with Crippen LogP contribution in [-0.2, 0) is 6.54 Å². The van der Waals surface area contributed by atoms with E-state index in [4.69, 9.17) is 9.47 Å². The van der Waals surface area contributed by atoms with Gasteiger partial charge in [-0.2, -0.15) is 0 Å². The molecule has 27 heavy (non-hydrogen) atoms. The van der Waals surface area contributed by atoms with E-state index in [-0.39, 0.29) is 6.10 Å². The third kappa shape index (κ3) is 6.40. The number of para-hydroxylation sites is 2. The lowest BCUT2D eigenvalue weighted by atomic mass is 10.2. The molecule has 1 unspecified atom stereocenters. The highest BCUT2D eigenvalue weighted by atomic mass is 16.5. The second-order valence-corrected chi connectivity index (χ2v) is 6.45. The molecular formula is C21H30N4O2. The SMILES string of the molecule is CN=C(NCc1ccc(N(C)C)cc1)NCC(C)Oc1ccccc1OC. The summed E-state index contributed by atoms with van der Waals surface area (Å²) in [5.41, 5.74) is 2.38. The van der Waals surface area contributed by atoms with Crippen LogP contribution in [0.5, 0.6) is 11.5 Å². The van der Waals surface area contributed by atoms with Crippen molar-refractivity contribution in [3.05, 3.63) is 54.1 Å². The molecule has 1 atom stereocenters. The number of nitrogens with zero attached hydrogens (tertiary/aromatic N) is 2. The van der Waals surface area contributed by atoms with Gasteiger partial charge in [0.25, 0.3) is 0 Å².